The number of carbonyl (C=O) groups is 1. The molecule has 0 aliphatic heterocycles. The van der Waals surface area contributed by atoms with Crippen molar-refractivity contribution in [1.29, 1.82) is 0 Å². The molecule has 2 aromatic carbocycles. The Kier molecular flexibility index (Phi) is 4.81. The molecule has 7 heteroatoms. The number of para-hydroxylation sites is 1. The summed E-state index contributed by atoms with van der Waals surface area (Å²) in [5.74, 6) is 0.607. The van der Waals surface area contributed by atoms with Crippen LogP contribution in [0.25, 0.3) is 17.1 Å². The fourth-order valence-electron chi connectivity index (χ4n) is 2.28. The number of rotatable bonds is 6. The first-order chi connectivity index (χ1) is 11.7. The lowest BCUT2D eigenvalue weighted by atomic mass is 10.2. The fourth-order valence-corrected chi connectivity index (χ4v) is 2.97. The molecule has 0 aliphatic carbocycles. The van der Waals surface area contributed by atoms with Gasteiger partial charge in [0.2, 0.25) is 0 Å². The van der Waals surface area contributed by atoms with Crippen molar-refractivity contribution in [2.24, 2.45) is 0 Å². The highest BCUT2D eigenvalue weighted by Gasteiger charge is 2.24. The molecule has 0 atom stereocenters. The lowest BCUT2D eigenvalue weighted by Crippen LogP contribution is -2.34. The Balaban J connectivity index is 2.06. The summed E-state index contributed by atoms with van der Waals surface area (Å²) in [6.45, 7) is 0. The first kappa shape index (κ1) is 16.1. The summed E-state index contributed by atoms with van der Waals surface area (Å²) < 4.78 is 7.10. The molecule has 0 aliphatic rings. The number of carboxylic acids is 1. The second-order valence-electron chi connectivity index (χ2n) is 4.94. The van der Waals surface area contributed by atoms with Gasteiger partial charge in [-0.15, -0.1) is 5.10 Å². The van der Waals surface area contributed by atoms with Crippen molar-refractivity contribution >= 4 is 17.7 Å². The second kappa shape index (κ2) is 7.18. The summed E-state index contributed by atoms with van der Waals surface area (Å²) in [7, 11) is 1.62. The molecule has 0 amide bonds. The molecule has 122 valence electrons. The van der Waals surface area contributed by atoms with Crippen molar-refractivity contribution in [1.82, 2.24) is 10.2 Å². The second-order valence-corrected chi connectivity index (χ2v) is 5.88. The average molecular weight is 342 g/mol. The summed E-state index contributed by atoms with van der Waals surface area (Å²) in [5.41, 5.74) is 1.83. The van der Waals surface area contributed by atoms with Crippen LogP contribution >= 0.6 is 11.8 Å². The van der Waals surface area contributed by atoms with E-state index in [9.17, 15) is 4.79 Å². The van der Waals surface area contributed by atoms with Crippen LogP contribution in [-0.2, 0) is 4.79 Å². The van der Waals surface area contributed by atoms with Crippen molar-refractivity contribution < 1.29 is 19.2 Å². The average Bonchev–Trinajstić information content (AvgIpc) is 3.04. The van der Waals surface area contributed by atoms with E-state index in [-0.39, 0.29) is 5.75 Å². The molecule has 0 radical (unpaired) electrons. The van der Waals surface area contributed by atoms with Gasteiger partial charge in [0.15, 0.2) is 0 Å². The van der Waals surface area contributed by atoms with Crippen LogP contribution in [0.3, 0.4) is 0 Å². The molecule has 2 N–H and O–H groups in total. The van der Waals surface area contributed by atoms with E-state index in [2.05, 4.69) is 10.2 Å². The third-order valence-electron chi connectivity index (χ3n) is 3.37. The van der Waals surface area contributed by atoms with Gasteiger partial charge in [-0.1, -0.05) is 18.2 Å². The number of hydrogen-bond donors (Lipinski definition) is 2. The topological polar surface area (TPSA) is 79.1 Å². The number of nitrogens with zero attached hydrogens (tertiary/aromatic N) is 2. The predicted octanol–water partition coefficient (Wildman–Crippen LogP) is 2.54. The lowest BCUT2D eigenvalue weighted by molar-refractivity contribution is -0.625. The summed E-state index contributed by atoms with van der Waals surface area (Å²) in [4.78, 5) is 10.9. The van der Waals surface area contributed by atoms with E-state index < -0.39 is 5.97 Å². The Hall–Kier alpha value is -2.80. The quantitative estimate of drug-likeness (QED) is 0.532. The van der Waals surface area contributed by atoms with Gasteiger partial charge in [-0.25, -0.2) is 0 Å². The lowest BCUT2D eigenvalue weighted by Gasteiger charge is -2.04. The Morgan fingerprint density at radius 2 is 1.92 bits per heavy atom. The van der Waals surface area contributed by atoms with Crippen molar-refractivity contribution in [2.75, 3.05) is 12.9 Å². The Labute approximate surface area is 143 Å². The standard InChI is InChI=1S/C17H15N3O3S/c1-23-14-9-7-12(8-10-14)16-18-19-17(24-11-15(21)22)20(16)13-5-3-2-4-6-13/h2-10H,11H2,1H3,(H,21,22)/p+1. The Morgan fingerprint density at radius 3 is 2.54 bits per heavy atom. The molecule has 24 heavy (non-hydrogen) atoms. The van der Waals surface area contributed by atoms with Gasteiger partial charge in [0.1, 0.15) is 17.2 Å². The van der Waals surface area contributed by atoms with Crippen LogP contribution in [-0.4, -0.2) is 34.1 Å². The summed E-state index contributed by atoms with van der Waals surface area (Å²) in [6, 6.07) is 17.3. The van der Waals surface area contributed by atoms with Crippen LogP contribution in [0.15, 0.2) is 59.8 Å². The minimum absolute atomic E-state index is 0.0558. The predicted molar refractivity (Wildman–Crippen MR) is 90.5 cm³/mol. The largest absolute Gasteiger partial charge is 0.497 e. The highest BCUT2D eigenvalue weighted by atomic mass is 32.2. The zero-order valence-electron chi connectivity index (χ0n) is 13.0. The zero-order valence-corrected chi connectivity index (χ0v) is 13.8. The number of benzene rings is 2. The molecular formula is C17H16N3O3S+. The SMILES string of the molecule is COc1ccc(-c2[nH]nc(SCC(=O)O)[n+]2-c2ccccc2)cc1. The molecule has 0 spiro atoms. The van der Waals surface area contributed by atoms with Gasteiger partial charge in [-0.05, 0) is 48.2 Å². The van der Waals surface area contributed by atoms with Crippen LogP contribution in [0, 0.1) is 0 Å². The van der Waals surface area contributed by atoms with Crippen LogP contribution in [0.4, 0.5) is 0 Å². The Morgan fingerprint density at radius 1 is 1.21 bits per heavy atom. The molecule has 6 nitrogen and oxygen atoms in total. The molecule has 0 bridgehead atoms. The molecule has 3 aromatic rings. The van der Waals surface area contributed by atoms with Gasteiger partial charge < -0.3 is 9.84 Å². The van der Waals surface area contributed by atoms with E-state index in [4.69, 9.17) is 9.84 Å². The van der Waals surface area contributed by atoms with Crippen LogP contribution in [0.1, 0.15) is 0 Å². The van der Waals surface area contributed by atoms with E-state index >= 15 is 0 Å². The summed E-state index contributed by atoms with van der Waals surface area (Å²) in [6.07, 6.45) is 0. The van der Waals surface area contributed by atoms with Crippen molar-refractivity contribution in [3.05, 3.63) is 54.6 Å². The number of methoxy groups -OCH3 is 1. The number of hydrogen-bond acceptors (Lipinski definition) is 4. The molecule has 1 aromatic heterocycles. The van der Waals surface area contributed by atoms with Gasteiger partial charge in [-0.2, -0.15) is 4.57 Å². The van der Waals surface area contributed by atoms with E-state index in [1.54, 1.807) is 7.11 Å². The van der Waals surface area contributed by atoms with Crippen LogP contribution in [0.2, 0.25) is 0 Å². The zero-order chi connectivity index (χ0) is 16.9. The molecule has 0 unspecified atom stereocenters. The first-order valence-corrected chi connectivity index (χ1v) is 8.22. The van der Waals surface area contributed by atoms with E-state index in [1.807, 2.05) is 59.2 Å². The normalized spacial score (nSPS) is 10.5. The van der Waals surface area contributed by atoms with Gasteiger partial charge in [0.25, 0.3) is 5.82 Å². The first-order valence-electron chi connectivity index (χ1n) is 7.24. The van der Waals surface area contributed by atoms with Crippen molar-refractivity contribution in [3.63, 3.8) is 0 Å². The Bertz CT molecular complexity index is 832. The molecule has 0 saturated heterocycles. The molecule has 0 saturated carbocycles. The number of aromatic amines is 1. The highest BCUT2D eigenvalue weighted by molar-refractivity contribution is 7.99. The van der Waals surface area contributed by atoms with Crippen LogP contribution < -0.4 is 9.30 Å². The summed E-state index contributed by atoms with van der Waals surface area (Å²) >= 11 is 1.17. The van der Waals surface area contributed by atoms with Crippen molar-refractivity contribution in [3.8, 4) is 22.8 Å². The molecule has 3 rings (SSSR count). The fraction of sp³-hybridized carbons (Fsp3) is 0.118. The number of H-pyrrole nitrogens is 1. The number of aliphatic carboxylic acids is 1. The number of ether oxygens (including phenoxy) is 1. The number of carboxylic acid groups (broad SMARTS) is 1. The third kappa shape index (κ3) is 3.41. The molecular weight excluding hydrogens is 326 g/mol. The molecule has 0 fully saturated rings. The van der Waals surface area contributed by atoms with Gasteiger partial charge >= 0.3 is 11.1 Å². The minimum Gasteiger partial charge on any atom is -0.497 e. The maximum atomic E-state index is 10.9. The number of nitrogens with one attached hydrogen (secondary N) is 1. The van der Waals surface area contributed by atoms with Gasteiger partial charge in [0.05, 0.1) is 17.8 Å². The van der Waals surface area contributed by atoms with Crippen molar-refractivity contribution in [2.45, 2.75) is 5.16 Å². The molecule has 1 heterocycles. The van der Waals surface area contributed by atoms with E-state index in [0.717, 1.165) is 22.8 Å². The maximum Gasteiger partial charge on any atom is 0.342 e. The number of aromatic nitrogens is 3. The summed E-state index contributed by atoms with van der Waals surface area (Å²) in [5, 5.41) is 16.8. The number of thioether (sulfide) groups is 1. The van der Waals surface area contributed by atoms with Crippen LogP contribution in [0.5, 0.6) is 5.75 Å². The third-order valence-corrected chi connectivity index (χ3v) is 4.30. The minimum atomic E-state index is -0.881. The smallest absolute Gasteiger partial charge is 0.342 e. The van der Waals surface area contributed by atoms with E-state index in [0.29, 0.717) is 5.16 Å². The van der Waals surface area contributed by atoms with Gasteiger partial charge in [0, 0.05) is 0 Å². The maximum absolute atomic E-state index is 10.9. The van der Waals surface area contributed by atoms with E-state index in [1.165, 1.54) is 11.8 Å². The highest BCUT2D eigenvalue weighted by Crippen LogP contribution is 2.22. The van der Waals surface area contributed by atoms with Gasteiger partial charge in [-0.3, -0.25) is 4.79 Å². The monoisotopic (exact) mass is 342 g/mol.